The molecule has 2 nitrogen and oxygen atoms in total. The minimum atomic E-state index is -0.414. The Morgan fingerprint density at radius 2 is 1.93 bits per heavy atom. The zero-order chi connectivity index (χ0) is 10.3. The Balaban J connectivity index is 2.89. The van der Waals surface area contributed by atoms with Gasteiger partial charge in [0.25, 0.3) is 0 Å². The molecule has 0 radical (unpaired) electrons. The first-order chi connectivity index (χ1) is 6.58. The first kappa shape index (κ1) is 10.1. The van der Waals surface area contributed by atoms with Crippen molar-refractivity contribution in [2.45, 2.75) is 0 Å². The van der Waals surface area contributed by atoms with E-state index in [2.05, 4.69) is 25.9 Å². The van der Waals surface area contributed by atoms with Crippen LogP contribution in [0, 0.1) is 5.82 Å². The predicted octanol–water partition coefficient (Wildman–Crippen LogP) is 3.84. The van der Waals surface area contributed by atoms with Crippen LogP contribution in [0.1, 0.15) is 0 Å². The number of hydrogen-bond donors (Lipinski definition) is 0. The summed E-state index contributed by atoms with van der Waals surface area (Å²) in [7, 11) is 0. The highest BCUT2D eigenvalue weighted by atomic mass is 79.9. The zero-order valence-electron chi connectivity index (χ0n) is 6.56. The number of rotatable bonds is 0. The quantitative estimate of drug-likeness (QED) is 0.545. The summed E-state index contributed by atoms with van der Waals surface area (Å²) in [6.07, 6.45) is 0. The smallest absolute Gasteiger partial charge is 0.218 e. The van der Waals surface area contributed by atoms with Crippen molar-refractivity contribution < 1.29 is 4.39 Å². The highest BCUT2D eigenvalue weighted by Crippen LogP contribution is 2.27. The van der Waals surface area contributed by atoms with Gasteiger partial charge in [0.05, 0.1) is 9.99 Å². The molecule has 1 aromatic carbocycles. The molecule has 0 fully saturated rings. The van der Waals surface area contributed by atoms with Gasteiger partial charge in [0, 0.05) is 11.5 Å². The van der Waals surface area contributed by atoms with Crippen molar-refractivity contribution in [1.29, 1.82) is 0 Å². The lowest BCUT2D eigenvalue weighted by Gasteiger charge is -2.01. The maximum atomic E-state index is 13.1. The van der Waals surface area contributed by atoms with Gasteiger partial charge in [0.15, 0.2) is 0 Å². The molecule has 2 aromatic rings. The Kier molecular flexibility index (Phi) is 2.60. The Morgan fingerprint density at radius 1 is 1.21 bits per heavy atom. The van der Waals surface area contributed by atoms with E-state index >= 15 is 0 Å². The lowest BCUT2D eigenvalue weighted by atomic mass is 10.2. The van der Waals surface area contributed by atoms with Gasteiger partial charge in [-0.2, -0.15) is 0 Å². The molecule has 0 N–H and O–H groups in total. The highest BCUT2D eigenvalue weighted by molar-refractivity contribution is 9.10. The van der Waals surface area contributed by atoms with Crippen molar-refractivity contribution in [3.8, 4) is 0 Å². The molecule has 0 spiro atoms. The molecule has 2 rings (SSSR count). The summed E-state index contributed by atoms with van der Waals surface area (Å²) in [4.78, 5) is 7.60. The standard InChI is InChI=1S/C8H2BrCl2FN2/c9-4-1-3-6(2-5(4)12)13-8(11)14-7(3)10/h1-2H. The summed E-state index contributed by atoms with van der Waals surface area (Å²) in [5, 5.41) is 0.772. The van der Waals surface area contributed by atoms with Crippen LogP contribution in [0.25, 0.3) is 10.9 Å². The molecule has 0 bridgehead atoms. The summed E-state index contributed by atoms with van der Waals surface area (Å²) in [5.74, 6) is -0.414. The average molecular weight is 296 g/mol. The van der Waals surface area contributed by atoms with Gasteiger partial charge in [-0.1, -0.05) is 11.6 Å². The summed E-state index contributed by atoms with van der Waals surface area (Å²) in [6, 6.07) is 2.77. The molecule has 0 amide bonds. The maximum absolute atomic E-state index is 13.1. The molecule has 0 aliphatic heterocycles. The summed E-state index contributed by atoms with van der Waals surface area (Å²) >= 11 is 14.4. The molecular weight excluding hydrogens is 294 g/mol. The van der Waals surface area contributed by atoms with Crippen LogP contribution in [0.5, 0.6) is 0 Å². The summed E-state index contributed by atoms with van der Waals surface area (Å²) in [6.45, 7) is 0. The SMILES string of the molecule is Fc1cc2nc(Cl)nc(Cl)c2cc1Br. The second-order valence-electron chi connectivity index (χ2n) is 2.57. The van der Waals surface area contributed by atoms with Crippen molar-refractivity contribution in [1.82, 2.24) is 9.97 Å². The minimum absolute atomic E-state index is 0.00391. The van der Waals surface area contributed by atoms with Gasteiger partial charge >= 0.3 is 0 Å². The monoisotopic (exact) mass is 294 g/mol. The topological polar surface area (TPSA) is 25.8 Å². The highest BCUT2D eigenvalue weighted by Gasteiger charge is 2.08. The van der Waals surface area contributed by atoms with E-state index in [0.717, 1.165) is 0 Å². The molecule has 0 aliphatic rings. The fraction of sp³-hybridized carbons (Fsp3) is 0. The Labute approximate surface area is 97.2 Å². The molecule has 0 saturated carbocycles. The molecule has 0 aliphatic carbocycles. The minimum Gasteiger partial charge on any atom is -0.218 e. The van der Waals surface area contributed by atoms with Crippen LogP contribution in [-0.2, 0) is 0 Å². The molecule has 6 heteroatoms. The molecule has 1 heterocycles. The number of hydrogen-bond acceptors (Lipinski definition) is 2. The van der Waals surface area contributed by atoms with Crippen molar-refractivity contribution in [2.75, 3.05) is 0 Å². The Morgan fingerprint density at radius 3 is 2.64 bits per heavy atom. The van der Waals surface area contributed by atoms with E-state index in [4.69, 9.17) is 23.2 Å². The molecule has 14 heavy (non-hydrogen) atoms. The van der Waals surface area contributed by atoms with Gasteiger partial charge in [-0.25, -0.2) is 14.4 Å². The number of aromatic nitrogens is 2. The molecule has 72 valence electrons. The van der Waals surface area contributed by atoms with Gasteiger partial charge in [-0.05, 0) is 33.6 Å². The van der Waals surface area contributed by atoms with Crippen LogP contribution < -0.4 is 0 Å². The molecule has 1 aromatic heterocycles. The normalized spacial score (nSPS) is 10.9. The van der Waals surface area contributed by atoms with E-state index in [1.807, 2.05) is 0 Å². The number of halogens is 4. The first-order valence-electron chi connectivity index (χ1n) is 3.56. The van der Waals surface area contributed by atoms with Gasteiger partial charge < -0.3 is 0 Å². The van der Waals surface area contributed by atoms with E-state index in [1.165, 1.54) is 12.1 Å². The van der Waals surface area contributed by atoms with E-state index in [-0.39, 0.29) is 10.4 Å². The zero-order valence-corrected chi connectivity index (χ0v) is 9.66. The molecule has 0 saturated heterocycles. The Bertz CT molecular complexity index is 518. The Hall–Kier alpha value is -0.450. The fourth-order valence-corrected chi connectivity index (χ4v) is 1.85. The van der Waals surface area contributed by atoms with Crippen molar-refractivity contribution in [2.24, 2.45) is 0 Å². The second-order valence-corrected chi connectivity index (χ2v) is 4.12. The fourth-order valence-electron chi connectivity index (χ4n) is 1.06. The van der Waals surface area contributed by atoms with E-state index in [9.17, 15) is 4.39 Å². The van der Waals surface area contributed by atoms with E-state index < -0.39 is 5.82 Å². The molecule has 0 atom stereocenters. The van der Waals surface area contributed by atoms with E-state index in [1.54, 1.807) is 0 Å². The lowest BCUT2D eigenvalue weighted by molar-refractivity contribution is 0.622. The van der Waals surface area contributed by atoms with Gasteiger partial charge in [0.1, 0.15) is 11.0 Å². The van der Waals surface area contributed by atoms with Crippen LogP contribution in [0.15, 0.2) is 16.6 Å². The summed E-state index contributed by atoms with van der Waals surface area (Å²) in [5.41, 5.74) is 0.385. The largest absolute Gasteiger partial charge is 0.224 e. The van der Waals surface area contributed by atoms with Crippen LogP contribution >= 0.6 is 39.1 Å². The maximum Gasteiger partial charge on any atom is 0.224 e. The van der Waals surface area contributed by atoms with Crippen molar-refractivity contribution in [3.63, 3.8) is 0 Å². The van der Waals surface area contributed by atoms with E-state index in [0.29, 0.717) is 15.4 Å². The van der Waals surface area contributed by atoms with Crippen LogP contribution in [0.2, 0.25) is 10.4 Å². The van der Waals surface area contributed by atoms with Gasteiger partial charge in [-0.3, -0.25) is 0 Å². The van der Waals surface area contributed by atoms with Crippen LogP contribution in [0.4, 0.5) is 4.39 Å². The van der Waals surface area contributed by atoms with Crippen molar-refractivity contribution in [3.05, 3.63) is 32.9 Å². The third-order valence-electron chi connectivity index (χ3n) is 1.66. The van der Waals surface area contributed by atoms with Crippen molar-refractivity contribution >= 4 is 50.0 Å². The van der Waals surface area contributed by atoms with Crippen LogP contribution in [0.3, 0.4) is 0 Å². The second kappa shape index (κ2) is 3.61. The van der Waals surface area contributed by atoms with Gasteiger partial charge in [-0.15, -0.1) is 0 Å². The first-order valence-corrected chi connectivity index (χ1v) is 5.10. The number of nitrogens with zero attached hydrogens (tertiary/aromatic N) is 2. The molecular formula is C8H2BrCl2FN2. The predicted molar refractivity (Wildman–Crippen MR) is 57.2 cm³/mol. The van der Waals surface area contributed by atoms with Crippen LogP contribution in [-0.4, -0.2) is 9.97 Å². The lowest BCUT2D eigenvalue weighted by Crippen LogP contribution is -1.88. The number of fused-ring (bicyclic) bond motifs is 1. The summed E-state index contributed by atoms with van der Waals surface area (Å²) < 4.78 is 13.4. The van der Waals surface area contributed by atoms with Gasteiger partial charge in [0.2, 0.25) is 5.28 Å². The molecule has 0 unspecified atom stereocenters. The average Bonchev–Trinajstić information content (AvgIpc) is 2.08. The third kappa shape index (κ3) is 1.69. The third-order valence-corrected chi connectivity index (χ3v) is 2.73. The number of benzene rings is 1.